The molecule has 1 aliphatic heterocycles. The second-order valence-electron chi connectivity index (χ2n) is 6.19. The van der Waals surface area contributed by atoms with Gasteiger partial charge in [0, 0.05) is 13.6 Å². The van der Waals surface area contributed by atoms with E-state index in [0.29, 0.717) is 18.0 Å². The summed E-state index contributed by atoms with van der Waals surface area (Å²) in [6.45, 7) is 2.00. The third-order valence-corrected chi connectivity index (χ3v) is 6.10. The molecular weight excluding hydrogens is 352 g/mol. The van der Waals surface area contributed by atoms with Crippen molar-refractivity contribution in [1.82, 2.24) is 4.90 Å². The number of hydrogen-bond acceptors (Lipinski definition) is 4. The molecule has 0 bridgehead atoms. The maximum Gasteiger partial charge on any atom is 0.265 e. The summed E-state index contributed by atoms with van der Waals surface area (Å²) in [4.78, 5) is 14.4. The number of para-hydroxylation sites is 2. The Bertz CT molecular complexity index is 883. The summed E-state index contributed by atoms with van der Waals surface area (Å²) in [6.07, 6.45) is -0.875. The first-order chi connectivity index (χ1) is 12.4. The molecule has 2 aromatic carbocycles. The van der Waals surface area contributed by atoms with Gasteiger partial charge in [-0.3, -0.25) is 9.10 Å². The van der Waals surface area contributed by atoms with Crippen LogP contribution in [-0.2, 0) is 21.4 Å². The molecule has 0 aliphatic carbocycles. The third kappa shape index (κ3) is 3.67. The Hall–Kier alpha value is -2.54. The fourth-order valence-corrected chi connectivity index (χ4v) is 4.06. The van der Waals surface area contributed by atoms with Gasteiger partial charge < -0.3 is 9.64 Å². The number of sulfonamides is 1. The summed E-state index contributed by atoms with van der Waals surface area (Å²) >= 11 is 0. The summed E-state index contributed by atoms with van der Waals surface area (Å²) in [7, 11) is -1.81. The molecule has 6 nitrogen and oxygen atoms in total. The van der Waals surface area contributed by atoms with Crippen molar-refractivity contribution >= 4 is 21.6 Å². The van der Waals surface area contributed by atoms with E-state index in [-0.39, 0.29) is 18.2 Å². The third-order valence-electron chi connectivity index (χ3n) is 4.35. The van der Waals surface area contributed by atoms with Gasteiger partial charge in [-0.25, -0.2) is 8.42 Å². The Morgan fingerprint density at radius 3 is 2.50 bits per heavy atom. The molecule has 0 aromatic heterocycles. The van der Waals surface area contributed by atoms with E-state index >= 15 is 0 Å². The highest BCUT2D eigenvalue weighted by atomic mass is 32.2. The lowest BCUT2D eigenvalue weighted by molar-refractivity contribution is -0.137. The molecule has 1 heterocycles. The van der Waals surface area contributed by atoms with Gasteiger partial charge in [0.15, 0.2) is 6.10 Å². The number of anilines is 1. The lowest BCUT2D eigenvalue weighted by Gasteiger charge is -2.36. The van der Waals surface area contributed by atoms with Crippen molar-refractivity contribution in [3.63, 3.8) is 0 Å². The summed E-state index contributed by atoms with van der Waals surface area (Å²) in [5.41, 5.74) is 1.47. The molecule has 0 saturated carbocycles. The number of benzene rings is 2. The molecule has 1 atom stereocenters. The van der Waals surface area contributed by atoms with Crippen LogP contribution in [0.2, 0.25) is 0 Å². The zero-order valence-corrected chi connectivity index (χ0v) is 15.6. The summed E-state index contributed by atoms with van der Waals surface area (Å²) in [5, 5.41) is 0. The molecule has 1 aliphatic rings. The van der Waals surface area contributed by atoms with E-state index < -0.39 is 16.1 Å². The van der Waals surface area contributed by atoms with E-state index in [4.69, 9.17) is 4.74 Å². The second kappa shape index (κ2) is 7.37. The smallest absolute Gasteiger partial charge is 0.265 e. The van der Waals surface area contributed by atoms with Crippen molar-refractivity contribution < 1.29 is 17.9 Å². The molecule has 7 heteroatoms. The molecule has 1 amide bonds. The maximum absolute atomic E-state index is 12.9. The van der Waals surface area contributed by atoms with Gasteiger partial charge in [-0.1, -0.05) is 42.5 Å². The van der Waals surface area contributed by atoms with Crippen molar-refractivity contribution in [1.29, 1.82) is 0 Å². The monoisotopic (exact) mass is 374 g/mol. The molecule has 0 radical (unpaired) electrons. The maximum atomic E-state index is 12.9. The van der Waals surface area contributed by atoms with Gasteiger partial charge in [-0.15, -0.1) is 0 Å². The SMILES string of the molecule is CCS(=O)(=O)N1C[C@@H](C(=O)N(C)Cc2ccccc2)Oc2ccccc21. The van der Waals surface area contributed by atoms with Crippen LogP contribution in [0.25, 0.3) is 0 Å². The number of nitrogens with zero attached hydrogens (tertiary/aromatic N) is 2. The molecule has 2 aromatic rings. The lowest BCUT2D eigenvalue weighted by atomic mass is 10.2. The molecule has 0 saturated heterocycles. The van der Waals surface area contributed by atoms with E-state index in [0.717, 1.165) is 5.56 Å². The summed E-state index contributed by atoms with van der Waals surface area (Å²) in [6, 6.07) is 16.5. The number of ether oxygens (including phenoxy) is 1. The minimum Gasteiger partial charge on any atom is -0.476 e. The summed E-state index contributed by atoms with van der Waals surface area (Å²) in [5.74, 6) is 0.115. The Labute approximate surface area is 154 Å². The molecule has 3 rings (SSSR count). The van der Waals surface area contributed by atoms with Gasteiger partial charge in [0.2, 0.25) is 10.0 Å². The first-order valence-corrected chi connectivity index (χ1v) is 10.1. The Morgan fingerprint density at radius 1 is 1.15 bits per heavy atom. The van der Waals surface area contributed by atoms with Crippen LogP contribution in [0, 0.1) is 0 Å². The van der Waals surface area contributed by atoms with Gasteiger partial charge in [-0.2, -0.15) is 0 Å². The fraction of sp³-hybridized carbons (Fsp3) is 0.316. The van der Waals surface area contributed by atoms with Crippen LogP contribution in [-0.4, -0.2) is 44.7 Å². The van der Waals surface area contributed by atoms with Crippen LogP contribution in [0.4, 0.5) is 5.69 Å². The highest BCUT2D eigenvalue weighted by molar-refractivity contribution is 7.92. The molecule has 0 unspecified atom stereocenters. The van der Waals surface area contributed by atoms with Crippen molar-refractivity contribution in [2.24, 2.45) is 0 Å². The van der Waals surface area contributed by atoms with Gasteiger partial charge in [0.05, 0.1) is 18.0 Å². The van der Waals surface area contributed by atoms with Gasteiger partial charge >= 0.3 is 0 Å². The van der Waals surface area contributed by atoms with E-state index in [1.54, 1.807) is 43.1 Å². The van der Waals surface area contributed by atoms with Gasteiger partial charge in [0.25, 0.3) is 5.91 Å². The highest BCUT2D eigenvalue weighted by Gasteiger charge is 2.37. The molecule has 0 N–H and O–H groups in total. The van der Waals surface area contributed by atoms with Crippen LogP contribution in [0.15, 0.2) is 54.6 Å². The standard InChI is InChI=1S/C19H22N2O4S/c1-3-26(23,24)21-14-18(25-17-12-8-7-11-16(17)21)19(22)20(2)13-15-9-5-4-6-10-15/h4-12,18H,3,13-14H2,1-2H3/t18-/m0/s1. The first-order valence-electron chi connectivity index (χ1n) is 8.47. The predicted molar refractivity (Wildman–Crippen MR) is 101 cm³/mol. The number of amides is 1. The topological polar surface area (TPSA) is 66.9 Å². The number of hydrogen-bond donors (Lipinski definition) is 0. The van der Waals surface area contributed by atoms with Crippen molar-refractivity contribution in [2.45, 2.75) is 19.6 Å². The van der Waals surface area contributed by atoms with Crippen LogP contribution in [0.1, 0.15) is 12.5 Å². The normalized spacial score (nSPS) is 16.5. The van der Waals surface area contributed by atoms with Crippen molar-refractivity contribution in [3.8, 4) is 5.75 Å². The first kappa shape index (κ1) is 18.3. The molecular formula is C19H22N2O4S. The highest BCUT2D eigenvalue weighted by Crippen LogP contribution is 2.35. The number of carbonyl (C=O) groups is 1. The van der Waals surface area contributed by atoms with Crippen LogP contribution in [0.5, 0.6) is 5.75 Å². The fourth-order valence-electron chi connectivity index (χ4n) is 2.93. The number of rotatable bonds is 5. The minimum absolute atomic E-state index is 0.0227. The van der Waals surface area contributed by atoms with Crippen LogP contribution in [0.3, 0.4) is 0 Å². The zero-order valence-electron chi connectivity index (χ0n) is 14.8. The summed E-state index contributed by atoms with van der Waals surface area (Å²) < 4.78 is 32.1. The van der Waals surface area contributed by atoms with Gasteiger partial charge in [-0.05, 0) is 24.6 Å². The quantitative estimate of drug-likeness (QED) is 0.805. The lowest BCUT2D eigenvalue weighted by Crippen LogP contribution is -2.51. The molecule has 0 fully saturated rings. The van der Waals surface area contributed by atoms with Gasteiger partial charge in [0.1, 0.15) is 5.75 Å². The molecule has 26 heavy (non-hydrogen) atoms. The van der Waals surface area contributed by atoms with E-state index in [2.05, 4.69) is 0 Å². The Kier molecular flexibility index (Phi) is 5.18. The average molecular weight is 374 g/mol. The Morgan fingerprint density at radius 2 is 1.81 bits per heavy atom. The van der Waals surface area contributed by atoms with Crippen LogP contribution >= 0.6 is 0 Å². The average Bonchev–Trinajstić information content (AvgIpc) is 2.67. The Balaban J connectivity index is 1.84. The van der Waals surface area contributed by atoms with Crippen molar-refractivity contribution in [2.75, 3.05) is 23.7 Å². The van der Waals surface area contributed by atoms with E-state index in [1.165, 1.54) is 4.31 Å². The minimum atomic E-state index is -3.50. The predicted octanol–water partition coefficient (Wildman–Crippen LogP) is 2.26. The number of likely N-dealkylation sites (N-methyl/N-ethyl adjacent to an activating group) is 1. The number of fused-ring (bicyclic) bond motifs is 1. The van der Waals surface area contributed by atoms with E-state index in [1.807, 2.05) is 30.3 Å². The largest absolute Gasteiger partial charge is 0.476 e. The van der Waals surface area contributed by atoms with E-state index in [9.17, 15) is 13.2 Å². The molecule has 0 spiro atoms. The number of carbonyl (C=O) groups excluding carboxylic acids is 1. The molecule has 138 valence electrons. The van der Waals surface area contributed by atoms with Crippen molar-refractivity contribution in [3.05, 3.63) is 60.2 Å². The van der Waals surface area contributed by atoms with Crippen LogP contribution < -0.4 is 9.04 Å². The zero-order chi connectivity index (χ0) is 18.7. The second-order valence-corrected chi connectivity index (χ2v) is 8.37.